The molecule has 1 aromatic carbocycles. The standard InChI is InChI=1S/C21H22F3N5O/c22-21(23,24)17-11-15-19(27-17)25-12-26-20(15)28-18-14-4-2-1-3-13(14)5-6-16(18)29-7-9-30-10-8-29/h1-4,11-12,16,18H,5-10H2,(H2,25,26,27,28)/t16-,18+/m0/s1. The summed E-state index contributed by atoms with van der Waals surface area (Å²) in [6.45, 7) is 3.06. The molecule has 2 N–H and O–H groups in total. The fourth-order valence-corrected chi connectivity index (χ4v) is 4.57. The van der Waals surface area contributed by atoms with Crippen LogP contribution in [0.15, 0.2) is 36.7 Å². The van der Waals surface area contributed by atoms with Crippen LogP contribution in [0.5, 0.6) is 0 Å². The predicted molar refractivity (Wildman–Crippen MR) is 106 cm³/mol. The molecule has 0 bridgehead atoms. The van der Waals surface area contributed by atoms with Gasteiger partial charge in [0.25, 0.3) is 0 Å². The summed E-state index contributed by atoms with van der Waals surface area (Å²) in [5.41, 5.74) is 1.77. The van der Waals surface area contributed by atoms with Crippen LogP contribution in [0.25, 0.3) is 11.0 Å². The van der Waals surface area contributed by atoms with Gasteiger partial charge in [0.05, 0.1) is 24.6 Å². The number of aryl methyl sites for hydroxylation is 1. The molecule has 1 aliphatic heterocycles. The molecule has 9 heteroatoms. The molecular weight excluding hydrogens is 395 g/mol. The second kappa shape index (κ2) is 7.55. The van der Waals surface area contributed by atoms with Crippen LogP contribution in [-0.2, 0) is 17.3 Å². The van der Waals surface area contributed by atoms with Gasteiger partial charge in [0.15, 0.2) is 0 Å². The zero-order valence-corrected chi connectivity index (χ0v) is 16.2. The number of morpholine rings is 1. The summed E-state index contributed by atoms with van der Waals surface area (Å²) < 4.78 is 45.1. The number of hydrogen-bond acceptors (Lipinski definition) is 5. The van der Waals surface area contributed by atoms with Crippen LogP contribution in [-0.4, -0.2) is 52.2 Å². The number of anilines is 1. The molecule has 6 nitrogen and oxygen atoms in total. The number of halogens is 3. The number of alkyl halides is 3. The number of nitrogens with one attached hydrogen (secondary N) is 2. The van der Waals surface area contributed by atoms with Gasteiger partial charge in [-0.15, -0.1) is 0 Å². The van der Waals surface area contributed by atoms with Gasteiger partial charge in [-0.2, -0.15) is 13.2 Å². The van der Waals surface area contributed by atoms with E-state index >= 15 is 0 Å². The smallest absolute Gasteiger partial charge is 0.379 e. The first-order valence-corrected chi connectivity index (χ1v) is 10.1. The van der Waals surface area contributed by atoms with E-state index in [1.54, 1.807) is 0 Å². The van der Waals surface area contributed by atoms with E-state index < -0.39 is 11.9 Å². The van der Waals surface area contributed by atoms with Crippen molar-refractivity contribution < 1.29 is 17.9 Å². The van der Waals surface area contributed by atoms with Crippen molar-refractivity contribution in [3.63, 3.8) is 0 Å². The van der Waals surface area contributed by atoms with Gasteiger partial charge in [-0.05, 0) is 30.0 Å². The second-order valence-electron chi connectivity index (χ2n) is 7.74. The first kappa shape index (κ1) is 19.3. The maximum atomic E-state index is 13.2. The molecule has 0 saturated carbocycles. The predicted octanol–water partition coefficient (Wildman–Crippen LogP) is 3.78. The number of benzene rings is 1. The number of nitrogens with zero attached hydrogens (tertiary/aromatic N) is 3. The van der Waals surface area contributed by atoms with Gasteiger partial charge in [-0.1, -0.05) is 24.3 Å². The maximum Gasteiger partial charge on any atom is 0.431 e. The highest BCUT2D eigenvalue weighted by Crippen LogP contribution is 2.38. The Morgan fingerprint density at radius 3 is 2.73 bits per heavy atom. The molecule has 0 unspecified atom stereocenters. The Morgan fingerprint density at radius 1 is 1.13 bits per heavy atom. The maximum absolute atomic E-state index is 13.2. The minimum absolute atomic E-state index is 0.0876. The van der Waals surface area contributed by atoms with Crippen LogP contribution in [0.4, 0.5) is 19.0 Å². The van der Waals surface area contributed by atoms with Gasteiger partial charge < -0.3 is 15.0 Å². The van der Waals surface area contributed by atoms with Crippen molar-refractivity contribution in [2.75, 3.05) is 31.6 Å². The van der Waals surface area contributed by atoms with E-state index in [0.717, 1.165) is 32.0 Å². The Balaban J connectivity index is 1.54. The highest BCUT2D eigenvalue weighted by molar-refractivity contribution is 5.88. The van der Waals surface area contributed by atoms with Gasteiger partial charge in [0.1, 0.15) is 23.5 Å². The molecule has 2 aromatic heterocycles. The molecule has 158 valence electrons. The van der Waals surface area contributed by atoms with Crippen molar-refractivity contribution >= 4 is 16.9 Å². The third-order valence-corrected chi connectivity index (χ3v) is 6.02. The molecule has 1 fully saturated rings. The van der Waals surface area contributed by atoms with Gasteiger partial charge in [-0.25, -0.2) is 9.97 Å². The molecule has 0 radical (unpaired) electrons. The molecule has 0 amide bonds. The van der Waals surface area contributed by atoms with E-state index in [1.165, 1.54) is 17.5 Å². The van der Waals surface area contributed by atoms with E-state index in [4.69, 9.17) is 4.74 Å². The van der Waals surface area contributed by atoms with Gasteiger partial charge in [-0.3, -0.25) is 4.90 Å². The van der Waals surface area contributed by atoms with Crippen LogP contribution in [0.3, 0.4) is 0 Å². The Labute approximate surface area is 171 Å². The number of fused-ring (bicyclic) bond motifs is 2. The minimum atomic E-state index is -4.47. The van der Waals surface area contributed by atoms with Crippen LogP contribution in [0, 0.1) is 0 Å². The SMILES string of the molecule is FC(F)(F)c1cc2c(N[C@@H]3c4ccccc4CC[C@@H]3N3CCOCC3)ncnc2[nH]1. The number of H-pyrrole nitrogens is 1. The Kier molecular flexibility index (Phi) is 4.86. The molecular formula is C21H22F3N5O. The van der Waals surface area contributed by atoms with Crippen LogP contribution < -0.4 is 5.32 Å². The van der Waals surface area contributed by atoms with Gasteiger partial charge in [0.2, 0.25) is 0 Å². The topological polar surface area (TPSA) is 66.1 Å². The average molecular weight is 417 g/mol. The number of aromatic nitrogens is 3. The quantitative estimate of drug-likeness (QED) is 0.679. The normalized spacial score (nSPS) is 22.8. The minimum Gasteiger partial charge on any atom is -0.379 e. The summed E-state index contributed by atoms with van der Waals surface area (Å²) >= 11 is 0. The number of ether oxygens (including phenoxy) is 1. The Hall–Kier alpha value is -2.65. The molecule has 30 heavy (non-hydrogen) atoms. The zero-order chi connectivity index (χ0) is 20.7. The van der Waals surface area contributed by atoms with E-state index in [9.17, 15) is 13.2 Å². The van der Waals surface area contributed by atoms with Crippen molar-refractivity contribution in [2.24, 2.45) is 0 Å². The van der Waals surface area contributed by atoms with Crippen molar-refractivity contribution in [1.82, 2.24) is 19.9 Å². The van der Waals surface area contributed by atoms with E-state index in [2.05, 4.69) is 37.3 Å². The molecule has 3 heterocycles. The zero-order valence-electron chi connectivity index (χ0n) is 16.2. The molecule has 1 aliphatic carbocycles. The van der Waals surface area contributed by atoms with E-state index in [-0.39, 0.29) is 17.7 Å². The van der Waals surface area contributed by atoms with Crippen molar-refractivity contribution in [2.45, 2.75) is 31.1 Å². The number of rotatable bonds is 3. The molecule has 2 aliphatic rings. The summed E-state index contributed by atoms with van der Waals surface area (Å²) in [5.74, 6) is 0.409. The lowest BCUT2D eigenvalue weighted by Gasteiger charge is -2.43. The van der Waals surface area contributed by atoms with Crippen LogP contribution in [0.1, 0.15) is 29.3 Å². The summed E-state index contributed by atoms with van der Waals surface area (Å²) in [6, 6.07) is 9.43. The fourth-order valence-electron chi connectivity index (χ4n) is 4.57. The van der Waals surface area contributed by atoms with Gasteiger partial charge in [0, 0.05) is 19.1 Å². The average Bonchev–Trinajstić information content (AvgIpc) is 3.21. The van der Waals surface area contributed by atoms with Crippen LogP contribution >= 0.6 is 0 Å². The third kappa shape index (κ3) is 3.52. The summed E-state index contributed by atoms with van der Waals surface area (Å²) in [4.78, 5) is 13.1. The summed E-state index contributed by atoms with van der Waals surface area (Å²) in [5, 5.41) is 3.81. The third-order valence-electron chi connectivity index (χ3n) is 6.02. The lowest BCUT2D eigenvalue weighted by molar-refractivity contribution is -0.140. The van der Waals surface area contributed by atoms with Crippen LogP contribution in [0.2, 0.25) is 0 Å². The van der Waals surface area contributed by atoms with Crippen molar-refractivity contribution in [3.05, 3.63) is 53.5 Å². The molecule has 5 rings (SSSR count). The Bertz CT molecular complexity index is 1040. The molecule has 1 saturated heterocycles. The number of aromatic amines is 1. The van der Waals surface area contributed by atoms with E-state index in [1.807, 2.05) is 12.1 Å². The monoisotopic (exact) mass is 417 g/mol. The Morgan fingerprint density at radius 2 is 1.93 bits per heavy atom. The largest absolute Gasteiger partial charge is 0.431 e. The molecule has 2 atom stereocenters. The highest BCUT2D eigenvalue weighted by atomic mass is 19.4. The molecule has 3 aromatic rings. The fraction of sp³-hybridized carbons (Fsp3) is 0.429. The molecule has 0 spiro atoms. The lowest BCUT2D eigenvalue weighted by Crippen LogP contribution is -2.49. The first-order valence-electron chi connectivity index (χ1n) is 10.1. The highest BCUT2D eigenvalue weighted by Gasteiger charge is 2.36. The van der Waals surface area contributed by atoms with Gasteiger partial charge >= 0.3 is 6.18 Å². The van der Waals surface area contributed by atoms with Crippen molar-refractivity contribution in [1.29, 1.82) is 0 Å². The first-order chi connectivity index (χ1) is 14.5. The summed E-state index contributed by atoms with van der Waals surface area (Å²) in [6.07, 6.45) is -1.24. The number of hydrogen-bond donors (Lipinski definition) is 2. The van der Waals surface area contributed by atoms with Crippen molar-refractivity contribution in [3.8, 4) is 0 Å². The second-order valence-corrected chi connectivity index (χ2v) is 7.74. The van der Waals surface area contributed by atoms with E-state index in [0.29, 0.717) is 24.4 Å². The lowest BCUT2D eigenvalue weighted by atomic mass is 9.83. The summed E-state index contributed by atoms with van der Waals surface area (Å²) in [7, 11) is 0.